The van der Waals surface area contributed by atoms with E-state index in [-0.39, 0.29) is 0 Å². The fourth-order valence-corrected chi connectivity index (χ4v) is 8.54. The van der Waals surface area contributed by atoms with Crippen LogP contribution in [0.1, 0.15) is 73.1 Å². The van der Waals surface area contributed by atoms with Crippen molar-refractivity contribution >= 4 is 80.1 Å². The van der Waals surface area contributed by atoms with Gasteiger partial charge in [-0.25, -0.2) is 0 Å². The molecule has 9 heteroatoms. The number of hydrogen-bond acceptors (Lipinski definition) is 3. The first-order chi connectivity index (χ1) is 15.8. The second-order valence-electron chi connectivity index (χ2n) is 11.4. The Labute approximate surface area is 248 Å². The predicted molar refractivity (Wildman–Crippen MR) is 165 cm³/mol. The molecule has 0 heterocycles. The van der Waals surface area contributed by atoms with Gasteiger partial charge in [0.1, 0.15) is 0 Å². The van der Waals surface area contributed by atoms with Gasteiger partial charge in [-0.3, -0.25) is 9.98 Å². The molecule has 2 fully saturated rings. The molecular weight excluding hydrogens is 751 g/mol. The Balaban J connectivity index is 0.00000182. The summed E-state index contributed by atoms with van der Waals surface area (Å²) in [5.74, 6) is 2.44. The van der Waals surface area contributed by atoms with Crippen LogP contribution in [0, 0.1) is 23.7 Å². The van der Waals surface area contributed by atoms with Crippen LogP contribution in [0.25, 0.3) is 0 Å². The molecule has 0 saturated heterocycles. The number of halogens is 4. The summed E-state index contributed by atoms with van der Waals surface area (Å²) in [4.78, 5) is 12.0. The third-order valence-electron chi connectivity index (χ3n) is 7.00. The van der Waals surface area contributed by atoms with E-state index in [4.69, 9.17) is 14.4 Å². The van der Waals surface area contributed by atoms with E-state index >= 15 is 0 Å². The number of hydrogen-bond donors (Lipinski definition) is 0. The molecule has 2 aliphatic rings. The van der Waals surface area contributed by atoms with E-state index in [0.717, 1.165) is 19.4 Å². The number of aliphatic imine (C=N–C) groups is 2. The van der Waals surface area contributed by atoms with Gasteiger partial charge in [0.25, 0.3) is 0 Å². The summed E-state index contributed by atoms with van der Waals surface area (Å²) in [6.07, 6.45) is 6.86. The molecule has 0 N–H and O–H groups in total. The summed E-state index contributed by atoms with van der Waals surface area (Å²) in [5, 5.41) is 0. The predicted octanol–water partition coefficient (Wildman–Crippen LogP) is 9.60. The van der Waals surface area contributed by atoms with E-state index in [1.165, 1.54) is 48.0 Å². The van der Waals surface area contributed by atoms with Gasteiger partial charge < -0.3 is 4.43 Å². The number of rotatable bonds is 8. The normalized spacial score (nSPS) is 35.6. The molecule has 0 radical (unpaired) electrons. The van der Waals surface area contributed by atoms with E-state index in [1.807, 2.05) is 0 Å². The molecule has 0 aromatic heterocycles. The second kappa shape index (κ2) is 16.8. The molecule has 4 atom stereocenters. The van der Waals surface area contributed by atoms with Crippen molar-refractivity contribution in [1.82, 2.24) is 0 Å². The second-order valence-corrected chi connectivity index (χ2v) is 23.5. The van der Waals surface area contributed by atoms with Gasteiger partial charge in [0, 0.05) is 16.3 Å². The first-order valence-electron chi connectivity index (χ1n) is 12.6. The van der Waals surface area contributed by atoms with Crippen molar-refractivity contribution in [1.29, 1.82) is 0 Å². The van der Waals surface area contributed by atoms with Gasteiger partial charge in [-0.1, -0.05) is 59.6 Å². The van der Waals surface area contributed by atoms with Gasteiger partial charge in [0.15, 0.2) is 8.32 Å². The Kier molecular flexibility index (Phi) is 16.8. The Bertz CT molecular complexity index is 637. The molecule has 0 aliphatic heterocycles. The third kappa shape index (κ3) is 12.7. The maximum absolute atomic E-state index is 6.13. The molecular formula is C25H46Br4N2NiOSi. The summed E-state index contributed by atoms with van der Waals surface area (Å²) < 4.78 is 6.13. The SMILES string of the molecule is CC(=NC1C(C)CC(Br)CC1C)C(CCCO[Si](C)(C)C)=NC1C(C)CC(Br)CC1C.[Br][Ni][Br]. The summed E-state index contributed by atoms with van der Waals surface area (Å²) in [5.41, 5.74) is 2.40. The van der Waals surface area contributed by atoms with Gasteiger partial charge in [-0.05, 0) is 88.8 Å². The van der Waals surface area contributed by atoms with E-state index in [1.54, 1.807) is 0 Å². The fourth-order valence-electron chi connectivity index (χ4n) is 5.43. The third-order valence-corrected chi connectivity index (χ3v) is 9.57. The van der Waals surface area contributed by atoms with Crippen LogP contribution in [-0.4, -0.2) is 48.1 Å². The van der Waals surface area contributed by atoms with Gasteiger partial charge in [0.2, 0.25) is 0 Å². The standard InChI is InChI=1S/C25H46Br2N2OSi.2BrH.Ni/c1-16-12-21(26)13-17(2)24(16)28-20(5)23(10-9-11-30-31(6,7)8)29-25-18(3)14-22(27)15-19(25)4;;;/h16-19,21-22,24-25H,9-15H2,1-8H3;2*1H;/q;;;+2/p-2. The molecule has 204 valence electrons. The van der Waals surface area contributed by atoms with E-state index < -0.39 is 8.32 Å². The molecule has 3 nitrogen and oxygen atoms in total. The molecule has 0 amide bonds. The van der Waals surface area contributed by atoms with Crippen LogP contribution in [0.15, 0.2) is 9.98 Å². The number of alkyl halides is 2. The Morgan fingerprint density at radius 1 is 0.824 bits per heavy atom. The molecule has 0 aromatic carbocycles. The van der Waals surface area contributed by atoms with Gasteiger partial charge in [-0.2, -0.15) is 0 Å². The van der Waals surface area contributed by atoms with Crippen LogP contribution in [0.2, 0.25) is 19.6 Å². The van der Waals surface area contributed by atoms with Crippen LogP contribution >= 0.6 is 60.3 Å². The summed E-state index contributed by atoms with van der Waals surface area (Å²) >= 11 is 13.7. The molecule has 2 saturated carbocycles. The summed E-state index contributed by atoms with van der Waals surface area (Å²) in [6.45, 7) is 19.3. The van der Waals surface area contributed by atoms with Gasteiger partial charge >= 0.3 is 39.3 Å². The van der Waals surface area contributed by atoms with Crippen LogP contribution in [0.3, 0.4) is 0 Å². The fraction of sp³-hybridized carbons (Fsp3) is 0.920. The van der Waals surface area contributed by atoms with Crippen molar-refractivity contribution in [3.8, 4) is 0 Å². The monoisotopic (exact) mass is 792 g/mol. The molecule has 0 aromatic rings. The van der Waals surface area contributed by atoms with E-state index in [0.29, 0.717) is 45.4 Å². The minimum absolute atomic E-state index is 0.403. The van der Waals surface area contributed by atoms with Crippen molar-refractivity contribution in [3.63, 3.8) is 0 Å². The Hall–Kier alpha value is 1.93. The van der Waals surface area contributed by atoms with Crippen LogP contribution < -0.4 is 0 Å². The number of nitrogens with zero attached hydrogens (tertiary/aromatic N) is 2. The van der Waals surface area contributed by atoms with Crippen LogP contribution in [0.4, 0.5) is 0 Å². The molecule has 34 heavy (non-hydrogen) atoms. The Morgan fingerprint density at radius 3 is 1.59 bits per heavy atom. The van der Waals surface area contributed by atoms with Crippen molar-refractivity contribution in [2.45, 2.75) is 115 Å². The van der Waals surface area contributed by atoms with Crippen molar-refractivity contribution in [2.24, 2.45) is 33.7 Å². The molecule has 2 aliphatic carbocycles. The summed E-state index contributed by atoms with van der Waals surface area (Å²) in [6, 6.07) is 0.811. The molecule has 0 bridgehead atoms. The van der Waals surface area contributed by atoms with Crippen LogP contribution in [0.5, 0.6) is 0 Å². The minimum atomic E-state index is -1.47. The topological polar surface area (TPSA) is 34.0 Å². The maximum atomic E-state index is 6.13. The zero-order chi connectivity index (χ0) is 26.1. The zero-order valence-electron chi connectivity index (χ0n) is 22.2. The van der Waals surface area contributed by atoms with Crippen molar-refractivity contribution in [3.05, 3.63) is 0 Å². The average Bonchev–Trinajstić information content (AvgIpc) is 2.68. The Morgan fingerprint density at radius 2 is 1.21 bits per heavy atom. The molecule has 2 rings (SSSR count). The molecule has 0 spiro atoms. The van der Waals surface area contributed by atoms with Crippen molar-refractivity contribution < 1.29 is 15.3 Å². The zero-order valence-corrected chi connectivity index (χ0v) is 30.5. The first-order valence-corrected chi connectivity index (χ1v) is 22.8. The van der Waals surface area contributed by atoms with Crippen molar-refractivity contribution in [2.75, 3.05) is 6.61 Å². The average molecular weight is 797 g/mol. The first kappa shape index (κ1) is 34.0. The molecule has 4 unspecified atom stereocenters. The van der Waals surface area contributed by atoms with Gasteiger partial charge in [0.05, 0.1) is 23.5 Å². The van der Waals surface area contributed by atoms with Crippen LogP contribution in [-0.2, 0) is 15.3 Å². The van der Waals surface area contributed by atoms with E-state index in [2.05, 4.69) is 115 Å². The summed E-state index contributed by atoms with van der Waals surface area (Å²) in [7, 11) is -0.218. The quantitative estimate of drug-likeness (QED) is 0.104. The van der Waals surface area contributed by atoms with Gasteiger partial charge in [-0.15, -0.1) is 0 Å². The van der Waals surface area contributed by atoms with E-state index in [9.17, 15) is 0 Å².